The number of anilines is 1. The van der Waals surface area contributed by atoms with Crippen LogP contribution in [-0.4, -0.2) is 30.7 Å². The summed E-state index contributed by atoms with van der Waals surface area (Å²) >= 11 is 0. The van der Waals surface area contributed by atoms with Gasteiger partial charge in [-0.2, -0.15) is 18.4 Å². The summed E-state index contributed by atoms with van der Waals surface area (Å²) in [5.74, 6) is -1.70. The summed E-state index contributed by atoms with van der Waals surface area (Å²) in [7, 11) is 0. The molecule has 0 aliphatic carbocycles. The Labute approximate surface area is 179 Å². The highest BCUT2D eigenvalue weighted by Gasteiger charge is 2.31. The average molecular weight is 448 g/mol. The lowest BCUT2D eigenvalue weighted by atomic mass is 10.1. The molecule has 2 heterocycles. The van der Waals surface area contributed by atoms with Crippen LogP contribution in [0.2, 0.25) is 0 Å². The first-order chi connectivity index (χ1) is 15.2. The van der Waals surface area contributed by atoms with Crippen molar-refractivity contribution in [1.82, 2.24) is 9.88 Å². The van der Waals surface area contributed by atoms with Crippen LogP contribution in [0.1, 0.15) is 16.7 Å². The van der Waals surface area contributed by atoms with E-state index in [1.54, 1.807) is 11.0 Å². The first-order valence-corrected chi connectivity index (χ1v) is 9.77. The van der Waals surface area contributed by atoms with Crippen molar-refractivity contribution >= 4 is 16.6 Å². The quantitative estimate of drug-likeness (QED) is 0.622. The van der Waals surface area contributed by atoms with Crippen LogP contribution in [-0.2, 0) is 12.7 Å². The number of benzene rings is 2. The third-order valence-corrected chi connectivity index (χ3v) is 5.45. The van der Waals surface area contributed by atoms with Gasteiger partial charge in [-0.1, -0.05) is 6.07 Å². The van der Waals surface area contributed by atoms with Gasteiger partial charge >= 0.3 is 6.18 Å². The Morgan fingerprint density at radius 2 is 1.78 bits per heavy atom. The molecule has 32 heavy (non-hydrogen) atoms. The van der Waals surface area contributed by atoms with E-state index < -0.39 is 28.8 Å². The van der Waals surface area contributed by atoms with E-state index in [-0.39, 0.29) is 34.3 Å². The van der Waals surface area contributed by atoms with E-state index in [4.69, 9.17) is 0 Å². The van der Waals surface area contributed by atoms with E-state index in [0.717, 1.165) is 18.2 Å². The van der Waals surface area contributed by atoms with Gasteiger partial charge in [0.1, 0.15) is 23.3 Å². The molecule has 1 aliphatic heterocycles. The lowest BCUT2D eigenvalue weighted by Crippen LogP contribution is -2.43. The molecule has 0 unspecified atom stereocenters. The third kappa shape index (κ3) is 4.03. The summed E-state index contributed by atoms with van der Waals surface area (Å²) < 4.78 is 69.2. The largest absolute Gasteiger partial charge is 0.416 e. The second-order valence-corrected chi connectivity index (χ2v) is 7.47. The second-order valence-electron chi connectivity index (χ2n) is 7.47. The van der Waals surface area contributed by atoms with Gasteiger partial charge in [0.15, 0.2) is 0 Å². The maximum absolute atomic E-state index is 14.8. The molecule has 3 aromatic rings. The van der Waals surface area contributed by atoms with Gasteiger partial charge in [-0.05, 0) is 24.3 Å². The van der Waals surface area contributed by atoms with Crippen molar-refractivity contribution in [3.05, 3.63) is 75.1 Å². The van der Waals surface area contributed by atoms with Crippen molar-refractivity contribution < 1.29 is 22.0 Å². The van der Waals surface area contributed by atoms with Crippen LogP contribution in [0.25, 0.3) is 10.9 Å². The number of rotatable bonds is 3. The van der Waals surface area contributed by atoms with Crippen LogP contribution in [0, 0.1) is 23.0 Å². The molecule has 0 spiro atoms. The SMILES string of the molecule is N#Cc1cn(Cc2ccc(C(F)(F)F)cc2F)c2cc(N3CCNCC3)c(F)cc2c1=O. The monoisotopic (exact) mass is 448 g/mol. The Morgan fingerprint density at radius 1 is 1.06 bits per heavy atom. The number of hydrogen-bond donors (Lipinski definition) is 1. The van der Waals surface area contributed by atoms with Crippen LogP contribution < -0.4 is 15.6 Å². The topological polar surface area (TPSA) is 61.1 Å². The third-order valence-electron chi connectivity index (χ3n) is 5.45. The molecule has 1 saturated heterocycles. The van der Waals surface area contributed by atoms with E-state index in [1.165, 1.54) is 16.8 Å². The summed E-state index contributed by atoms with van der Waals surface area (Å²) in [5, 5.41) is 12.4. The first kappa shape index (κ1) is 21.8. The fourth-order valence-corrected chi connectivity index (χ4v) is 3.79. The van der Waals surface area contributed by atoms with Gasteiger partial charge < -0.3 is 14.8 Å². The summed E-state index contributed by atoms with van der Waals surface area (Å²) in [6, 6.07) is 6.42. The number of piperazine rings is 1. The number of halogens is 5. The molecule has 10 heteroatoms. The number of nitrogens with zero attached hydrogens (tertiary/aromatic N) is 3. The lowest BCUT2D eigenvalue weighted by molar-refractivity contribution is -0.137. The maximum Gasteiger partial charge on any atom is 0.416 e. The Bertz CT molecular complexity index is 1290. The number of hydrogen-bond acceptors (Lipinski definition) is 4. The molecule has 0 bridgehead atoms. The average Bonchev–Trinajstić information content (AvgIpc) is 2.76. The normalized spacial score (nSPS) is 14.6. The molecule has 166 valence electrons. The molecule has 0 saturated carbocycles. The zero-order chi connectivity index (χ0) is 23.0. The number of fused-ring (bicyclic) bond motifs is 1. The molecule has 0 radical (unpaired) electrons. The highest BCUT2D eigenvalue weighted by atomic mass is 19.4. The molecule has 0 amide bonds. The van der Waals surface area contributed by atoms with E-state index in [0.29, 0.717) is 32.2 Å². The standard InChI is InChI=1S/C22H17F5N4O/c23-17-7-15(22(25,26)27)2-1-13(17)11-31-12-14(10-28)21(32)16-8-18(24)20(9-19(16)31)30-5-3-29-4-6-30/h1-2,7-9,12,29H,3-6,11H2. The summed E-state index contributed by atoms with van der Waals surface area (Å²) in [6.45, 7) is 2.12. The van der Waals surface area contributed by atoms with Crippen molar-refractivity contribution in [3.8, 4) is 6.07 Å². The van der Waals surface area contributed by atoms with E-state index in [9.17, 15) is 32.0 Å². The molecule has 4 rings (SSSR count). The predicted octanol–water partition coefficient (Wildman–Crippen LogP) is 3.63. The molecule has 0 atom stereocenters. The van der Waals surface area contributed by atoms with Crippen molar-refractivity contribution in [2.45, 2.75) is 12.7 Å². The van der Waals surface area contributed by atoms with E-state index in [2.05, 4.69) is 5.32 Å². The summed E-state index contributed by atoms with van der Waals surface area (Å²) in [4.78, 5) is 14.4. The molecule has 1 aromatic heterocycles. The van der Waals surface area contributed by atoms with Crippen molar-refractivity contribution in [3.63, 3.8) is 0 Å². The molecular formula is C22H17F5N4O. The highest BCUT2D eigenvalue weighted by Crippen LogP contribution is 2.31. The van der Waals surface area contributed by atoms with Crippen molar-refractivity contribution in [2.75, 3.05) is 31.1 Å². The Balaban J connectivity index is 1.85. The Hall–Kier alpha value is -3.45. The lowest BCUT2D eigenvalue weighted by Gasteiger charge is -2.30. The van der Waals surface area contributed by atoms with Gasteiger partial charge in [-0.25, -0.2) is 8.78 Å². The zero-order valence-corrected chi connectivity index (χ0v) is 16.6. The minimum absolute atomic E-state index is 0.0623. The van der Waals surface area contributed by atoms with Gasteiger partial charge in [-0.3, -0.25) is 4.79 Å². The van der Waals surface area contributed by atoms with Crippen LogP contribution in [0.15, 0.2) is 41.3 Å². The van der Waals surface area contributed by atoms with Crippen molar-refractivity contribution in [2.24, 2.45) is 0 Å². The van der Waals surface area contributed by atoms with E-state index >= 15 is 0 Å². The molecule has 2 aromatic carbocycles. The van der Waals surface area contributed by atoms with Gasteiger partial charge in [0.05, 0.1) is 28.7 Å². The van der Waals surface area contributed by atoms with Crippen LogP contribution >= 0.6 is 0 Å². The maximum atomic E-state index is 14.8. The summed E-state index contributed by atoms with van der Waals surface area (Å²) in [5.41, 5.74) is -1.63. The van der Waals surface area contributed by atoms with E-state index in [1.807, 2.05) is 0 Å². The minimum atomic E-state index is -4.69. The van der Waals surface area contributed by atoms with Gasteiger partial charge in [-0.15, -0.1) is 0 Å². The molecule has 1 aliphatic rings. The first-order valence-electron chi connectivity index (χ1n) is 9.77. The van der Waals surface area contributed by atoms with Gasteiger partial charge in [0.2, 0.25) is 5.43 Å². The highest BCUT2D eigenvalue weighted by molar-refractivity contribution is 5.84. The van der Waals surface area contributed by atoms with Crippen LogP contribution in [0.3, 0.4) is 0 Å². The Morgan fingerprint density at radius 3 is 2.41 bits per heavy atom. The smallest absolute Gasteiger partial charge is 0.367 e. The fraction of sp³-hybridized carbons (Fsp3) is 0.273. The van der Waals surface area contributed by atoms with Gasteiger partial charge in [0.25, 0.3) is 0 Å². The van der Waals surface area contributed by atoms with Crippen LogP contribution in [0.4, 0.5) is 27.6 Å². The predicted molar refractivity (Wildman–Crippen MR) is 108 cm³/mol. The molecule has 1 fully saturated rings. The number of pyridine rings is 1. The Kier molecular flexibility index (Phi) is 5.60. The zero-order valence-electron chi connectivity index (χ0n) is 16.6. The molecule has 5 nitrogen and oxygen atoms in total. The minimum Gasteiger partial charge on any atom is -0.367 e. The number of alkyl halides is 3. The van der Waals surface area contributed by atoms with Crippen molar-refractivity contribution in [1.29, 1.82) is 5.26 Å². The van der Waals surface area contributed by atoms with Crippen LogP contribution in [0.5, 0.6) is 0 Å². The number of nitriles is 1. The second kappa shape index (κ2) is 8.24. The molecular weight excluding hydrogens is 431 g/mol. The molecule has 1 N–H and O–H groups in total. The summed E-state index contributed by atoms with van der Waals surface area (Å²) in [6.07, 6.45) is -3.48. The number of aromatic nitrogens is 1. The number of nitrogens with one attached hydrogen (secondary N) is 1. The van der Waals surface area contributed by atoms with Gasteiger partial charge in [0, 0.05) is 37.9 Å². The fourth-order valence-electron chi connectivity index (χ4n) is 3.79.